The highest BCUT2D eigenvalue weighted by Crippen LogP contribution is 2.12. The molecule has 0 aromatic rings. The monoisotopic (exact) mass is 161 g/mol. The molecule has 0 aromatic carbocycles. The number of nitrogens with one attached hydrogen (secondary N) is 1. The molecule has 0 saturated carbocycles. The minimum atomic E-state index is -0.829. The zero-order valence-electron chi connectivity index (χ0n) is 6.57. The van der Waals surface area contributed by atoms with Crippen molar-refractivity contribution in [3.63, 3.8) is 0 Å². The van der Waals surface area contributed by atoms with Crippen LogP contribution in [0, 0.1) is 0 Å². The quantitative estimate of drug-likeness (QED) is 0.396. The van der Waals surface area contributed by atoms with Gasteiger partial charge in [-0.25, -0.2) is 0 Å². The van der Waals surface area contributed by atoms with E-state index >= 15 is 0 Å². The molecule has 1 aliphatic rings. The molecule has 4 N–H and O–H groups in total. The summed E-state index contributed by atoms with van der Waals surface area (Å²) in [4.78, 5) is 0. The van der Waals surface area contributed by atoms with E-state index in [1.807, 2.05) is 6.92 Å². The summed E-state index contributed by atoms with van der Waals surface area (Å²) in [5.74, 6) is 0. The van der Waals surface area contributed by atoms with Crippen LogP contribution in [0.25, 0.3) is 0 Å². The second-order valence-corrected chi connectivity index (χ2v) is 2.97. The van der Waals surface area contributed by atoms with Gasteiger partial charge in [-0.2, -0.15) is 0 Å². The second-order valence-electron chi connectivity index (χ2n) is 2.97. The van der Waals surface area contributed by atoms with Gasteiger partial charge in [0.25, 0.3) is 0 Å². The molecule has 1 heterocycles. The van der Waals surface area contributed by atoms with Gasteiger partial charge in [0.1, 0.15) is 0 Å². The lowest BCUT2D eigenvalue weighted by Gasteiger charge is -2.20. The van der Waals surface area contributed by atoms with E-state index in [9.17, 15) is 10.2 Å². The van der Waals surface area contributed by atoms with Gasteiger partial charge in [0.15, 0.2) is 0 Å². The van der Waals surface area contributed by atoms with Crippen LogP contribution in [-0.4, -0.2) is 46.2 Å². The molecule has 4 nitrogen and oxygen atoms in total. The molecule has 11 heavy (non-hydrogen) atoms. The number of β-amino-alcohol motifs (C(OH)–C–C–N with tert-alkyl or cyclic N) is 1. The van der Waals surface area contributed by atoms with Crippen molar-refractivity contribution >= 4 is 0 Å². The van der Waals surface area contributed by atoms with Crippen LogP contribution >= 0.6 is 0 Å². The van der Waals surface area contributed by atoms with Crippen molar-refractivity contribution in [2.24, 2.45) is 0 Å². The van der Waals surface area contributed by atoms with E-state index in [1.165, 1.54) is 0 Å². The normalized spacial score (nSPS) is 40.9. The number of aliphatic hydroxyl groups is 3. The average molecular weight is 161 g/mol. The van der Waals surface area contributed by atoms with Gasteiger partial charge in [-0.1, -0.05) is 6.92 Å². The highest BCUT2D eigenvalue weighted by Gasteiger charge is 2.36. The molecular formula is C7H15NO3. The molecule has 0 spiro atoms. The standard InChI is InChI=1S/C7H15NO3/c1-2-4(9)6-7(11)5(10)3-8-6/h4-11H,2-3H2,1H3/t4?,5-,6?,7+/m1/s1. The summed E-state index contributed by atoms with van der Waals surface area (Å²) in [6.07, 6.45) is -1.55. The molecule has 2 unspecified atom stereocenters. The van der Waals surface area contributed by atoms with Crippen LogP contribution in [0.1, 0.15) is 13.3 Å². The van der Waals surface area contributed by atoms with Gasteiger partial charge < -0.3 is 20.6 Å². The van der Waals surface area contributed by atoms with E-state index in [2.05, 4.69) is 5.32 Å². The van der Waals surface area contributed by atoms with Crippen molar-refractivity contribution in [2.45, 2.75) is 37.7 Å². The van der Waals surface area contributed by atoms with Crippen LogP contribution in [-0.2, 0) is 0 Å². The van der Waals surface area contributed by atoms with E-state index < -0.39 is 18.3 Å². The van der Waals surface area contributed by atoms with Crippen molar-refractivity contribution in [3.05, 3.63) is 0 Å². The van der Waals surface area contributed by atoms with Crippen LogP contribution in [0.4, 0.5) is 0 Å². The van der Waals surface area contributed by atoms with Crippen molar-refractivity contribution in [3.8, 4) is 0 Å². The summed E-state index contributed by atoms with van der Waals surface area (Å²) in [7, 11) is 0. The van der Waals surface area contributed by atoms with Crippen LogP contribution < -0.4 is 5.32 Å². The Morgan fingerprint density at radius 1 is 1.55 bits per heavy atom. The molecule has 4 atom stereocenters. The molecule has 0 amide bonds. The molecule has 1 fully saturated rings. The van der Waals surface area contributed by atoms with E-state index in [0.29, 0.717) is 13.0 Å². The zero-order chi connectivity index (χ0) is 8.43. The number of hydrogen-bond acceptors (Lipinski definition) is 4. The third kappa shape index (κ3) is 1.70. The average Bonchev–Trinajstić information content (AvgIpc) is 2.32. The van der Waals surface area contributed by atoms with Crippen LogP contribution in [0.5, 0.6) is 0 Å². The van der Waals surface area contributed by atoms with Crippen LogP contribution in [0.3, 0.4) is 0 Å². The molecule has 0 aromatic heterocycles. The third-order valence-corrected chi connectivity index (χ3v) is 2.16. The largest absolute Gasteiger partial charge is 0.391 e. The lowest BCUT2D eigenvalue weighted by atomic mass is 10.0. The van der Waals surface area contributed by atoms with Crippen LogP contribution in [0.2, 0.25) is 0 Å². The predicted octanol–water partition coefficient (Wildman–Crippen LogP) is -1.55. The lowest BCUT2D eigenvalue weighted by molar-refractivity contribution is 0.00598. The Morgan fingerprint density at radius 2 is 2.18 bits per heavy atom. The van der Waals surface area contributed by atoms with Gasteiger partial charge >= 0.3 is 0 Å². The maximum atomic E-state index is 9.31. The van der Waals surface area contributed by atoms with Crippen molar-refractivity contribution in [2.75, 3.05) is 6.54 Å². The SMILES string of the molecule is CCC(O)C1NC[C@@H](O)[C@@H]1O. The second kappa shape index (κ2) is 3.49. The molecule has 1 aliphatic heterocycles. The Morgan fingerprint density at radius 3 is 2.55 bits per heavy atom. The fraction of sp³-hybridized carbons (Fsp3) is 1.00. The van der Waals surface area contributed by atoms with E-state index in [4.69, 9.17) is 5.11 Å². The Balaban J connectivity index is 2.47. The summed E-state index contributed by atoms with van der Waals surface area (Å²) in [5, 5.41) is 30.5. The van der Waals surface area contributed by atoms with Gasteiger partial charge in [0.2, 0.25) is 0 Å². The summed E-state index contributed by atoms with van der Waals surface area (Å²) in [6, 6.07) is -0.366. The van der Waals surface area contributed by atoms with E-state index in [-0.39, 0.29) is 6.04 Å². The molecule has 66 valence electrons. The maximum Gasteiger partial charge on any atom is 0.0989 e. The molecule has 0 aliphatic carbocycles. The molecule has 4 heteroatoms. The Bertz CT molecular complexity index is 131. The first-order valence-electron chi connectivity index (χ1n) is 3.94. The number of hydrogen-bond donors (Lipinski definition) is 4. The minimum Gasteiger partial charge on any atom is -0.391 e. The summed E-state index contributed by atoms with van der Waals surface area (Å²) >= 11 is 0. The smallest absolute Gasteiger partial charge is 0.0989 e. The van der Waals surface area contributed by atoms with Gasteiger partial charge in [-0.3, -0.25) is 0 Å². The Kier molecular flexibility index (Phi) is 2.84. The highest BCUT2D eigenvalue weighted by atomic mass is 16.3. The lowest BCUT2D eigenvalue weighted by Crippen LogP contribution is -2.42. The molecule has 0 bridgehead atoms. The van der Waals surface area contributed by atoms with Crippen LogP contribution in [0.15, 0.2) is 0 Å². The topological polar surface area (TPSA) is 72.7 Å². The summed E-state index contributed by atoms with van der Waals surface area (Å²) in [5.41, 5.74) is 0. The maximum absolute atomic E-state index is 9.31. The minimum absolute atomic E-state index is 0.364. The molecule has 1 rings (SSSR count). The van der Waals surface area contributed by atoms with Gasteiger partial charge in [0.05, 0.1) is 24.4 Å². The van der Waals surface area contributed by atoms with Gasteiger partial charge in [-0.05, 0) is 6.42 Å². The number of rotatable bonds is 2. The Hall–Kier alpha value is -0.160. The molecule has 1 saturated heterocycles. The van der Waals surface area contributed by atoms with Gasteiger partial charge in [0, 0.05) is 6.54 Å². The first kappa shape index (κ1) is 8.93. The Labute approximate surface area is 65.9 Å². The van der Waals surface area contributed by atoms with E-state index in [1.54, 1.807) is 0 Å². The first-order chi connectivity index (χ1) is 5.16. The predicted molar refractivity (Wildman–Crippen MR) is 40.1 cm³/mol. The zero-order valence-corrected chi connectivity index (χ0v) is 6.57. The van der Waals surface area contributed by atoms with Crippen molar-refractivity contribution in [1.82, 2.24) is 5.32 Å². The van der Waals surface area contributed by atoms with Gasteiger partial charge in [-0.15, -0.1) is 0 Å². The first-order valence-corrected chi connectivity index (χ1v) is 3.94. The fourth-order valence-electron chi connectivity index (χ4n) is 1.36. The van der Waals surface area contributed by atoms with E-state index in [0.717, 1.165) is 0 Å². The number of aliphatic hydroxyl groups excluding tert-OH is 3. The van der Waals surface area contributed by atoms with Crippen molar-refractivity contribution < 1.29 is 15.3 Å². The molecular weight excluding hydrogens is 146 g/mol. The highest BCUT2D eigenvalue weighted by molar-refractivity contribution is 4.93. The summed E-state index contributed by atoms with van der Waals surface area (Å²) < 4.78 is 0. The fourth-order valence-corrected chi connectivity index (χ4v) is 1.36. The molecule has 0 radical (unpaired) electrons. The van der Waals surface area contributed by atoms with Crippen molar-refractivity contribution in [1.29, 1.82) is 0 Å². The summed E-state index contributed by atoms with van der Waals surface area (Å²) in [6.45, 7) is 2.20. The third-order valence-electron chi connectivity index (χ3n) is 2.16.